The average Bonchev–Trinajstić information content (AvgIpc) is 2.94. The van der Waals surface area contributed by atoms with Crippen molar-refractivity contribution in [2.45, 2.75) is 25.5 Å². The van der Waals surface area contributed by atoms with Crippen LogP contribution in [0.3, 0.4) is 0 Å². The second kappa shape index (κ2) is 8.33. The normalized spacial score (nSPS) is 10.8. The number of carbonyl (C=O) groups excluding carboxylic acids is 1. The number of carbonyl (C=O) groups is 1. The number of thioether (sulfide) groups is 1. The van der Waals surface area contributed by atoms with Gasteiger partial charge in [-0.1, -0.05) is 29.4 Å². The van der Waals surface area contributed by atoms with Crippen LogP contribution in [0.2, 0.25) is 5.02 Å². The molecule has 1 aromatic carbocycles. The maximum Gasteiger partial charge on any atom is 0.234 e. The van der Waals surface area contributed by atoms with Crippen molar-refractivity contribution in [3.8, 4) is 0 Å². The monoisotopic (exact) mass is 354 g/mol. The average molecular weight is 355 g/mol. The fraction of sp³-hybridized carbons (Fsp3) is 0.400. The standard InChI is InChI=1S/C15H19ClN4O2S/c1-10-6-11(2)14(12(16)7-10)18-13(21)8-23-15-19-17-9-20(15)4-5-22-3/h6-7,9H,4-5,8H2,1-3H3,(H,18,21). The molecule has 2 rings (SSSR count). The summed E-state index contributed by atoms with van der Waals surface area (Å²) in [5.74, 6) is 0.0973. The molecule has 0 aliphatic heterocycles. The van der Waals surface area contributed by atoms with Crippen LogP contribution in [0.25, 0.3) is 0 Å². The van der Waals surface area contributed by atoms with Crippen molar-refractivity contribution in [3.05, 3.63) is 34.6 Å². The molecule has 23 heavy (non-hydrogen) atoms. The first-order valence-corrected chi connectivity index (χ1v) is 8.43. The molecular formula is C15H19ClN4O2S. The highest BCUT2D eigenvalue weighted by Crippen LogP contribution is 2.27. The molecule has 8 heteroatoms. The van der Waals surface area contributed by atoms with Gasteiger partial charge < -0.3 is 14.6 Å². The summed E-state index contributed by atoms with van der Waals surface area (Å²) >= 11 is 7.52. The first-order chi connectivity index (χ1) is 11.0. The van der Waals surface area contributed by atoms with Crippen LogP contribution >= 0.6 is 23.4 Å². The third kappa shape index (κ3) is 4.95. The summed E-state index contributed by atoms with van der Waals surface area (Å²) in [6.07, 6.45) is 1.63. The lowest BCUT2D eigenvalue weighted by molar-refractivity contribution is -0.113. The van der Waals surface area contributed by atoms with Gasteiger partial charge in [0.25, 0.3) is 0 Å². The van der Waals surface area contributed by atoms with Crippen molar-refractivity contribution in [3.63, 3.8) is 0 Å². The zero-order valence-corrected chi connectivity index (χ0v) is 14.9. The second-order valence-corrected chi connectivity index (χ2v) is 6.42. The number of nitrogens with zero attached hydrogens (tertiary/aromatic N) is 3. The number of aromatic nitrogens is 3. The first kappa shape index (κ1) is 17.8. The summed E-state index contributed by atoms with van der Waals surface area (Å²) < 4.78 is 6.88. The molecule has 1 N–H and O–H groups in total. The fourth-order valence-electron chi connectivity index (χ4n) is 2.08. The third-order valence-electron chi connectivity index (χ3n) is 3.14. The number of amides is 1. The molecule has 0 aliphatic carbocycles. The zero-order chi connectivity index (χ0) is 16.8. The Balaban J connectivity index is 1.95. The van der Waals surface area contributed by atoms with Gasteiger partial charge in [0, 0.05) is 13.7 Å². The van der Waals surface area contributed by atoms with E-state index in [0.29, 0.717) is 29.0 Å². The Bertz CT molecular complexity index is 667. The quantitative estimate of drug-likeness (QED) is 0.774. The van der Waals surface area contributed by atoms with E-state index in [1.165, 1.54) is 11.8 Å². The van der Waals surface area contributed by atoms with Crippen molar-refractivity contribution in [1.29, 1.82) is 0 Å². The van der Waals surface area contributed by atoms with Gasteiger partial charge in [-0.05, 0) is 31.0 Å². The summed E-state index contributed by atoms with van der Waals surface area (Å²) in [5, 5.41) is 12.0. The van der Waals surface area contributed by atoms with Crippen LogP contribution in [0.15, 0.2) is 23.6 Å². The lowest BCUT2D eigenvalue weighted by Crippen LogP contribution is -2.16. The van der Waals surface area contributed by atoms with Crippen molar-refractivity contribution < 1.29 is 9.53 Å². The van der Waals surface area contributed by atoms with Gasteiger partial charge in [0.2, 0.25) is 5.91 Å². The molecule has 6 nitrogen and oxygen atoms in total. The highest BCUT2D eigenvalue weighted by atomic mass is 35.5. The fourth-order valence-corrected chi connectivity index (χ4v) is 3.19. The molecule has 0 aliphatic rings. The number of benzene rings is 1. The van der Waals surface area contributed by atoms with E-state index in [2.05, 4.69) is 15.5 Å². The Morgan fingerprint density at radius 2 is 2.22 bits per heavy atom. The molecule has 0 saturated carbocycles. The zero-order valence-electron chi connectivity index (χ0n) is 13.3. The van der Waals surface area contributed by atoms with E-state index in [4.69, 9.17) is 16.3 Å². The Labute approximate surface area is 144 Å². The van der Waals surface area contributed by atoms with Gasteiger partial charge >= 0.3 is 0 Å². The SMILES string of the molecule is COCCn1cnnc1SCC(=O)Nc1c(C)cc(C)cc1Cl. The van der Waals surface area contributed by atoms with E-state index in [9.17, 15) is 4.79 Å². The predicted octanol–water partition coefficient (Wildman–Crippen LogP) is 2.93. The van der Waals surface area contributed by atoms with Crippen LogP contribution in [0.1, 0.15) is 11.1 Å². The number of hydrogen-bond acceptors (Lipinski definition) is 5. The van der Waals surface area contributed by atoms with Crippen LogP contribution in [-0.4, -0.2) is 40.1 Å². The van der Waals surface area contributed by atoms with Crippen molar-refractivity contribution in [1.82, 2.24) is 14.8 Å². The van der Waals surface area contributed by atoms with Crippen LogP contribution in [0, 0.1) is 13.8 Å². The summed E-state index contributed by atoms with van der Waals surface area (Å²) in [4.78, 5) is 12.1. The van der Waals surface area contributed by atoms with E-state index >= 15 is 0 Å². The van der Waals surface area contributed by atoms with Crippen LogP contribution < -0.4 is 5.32 Å². The smallest absolute Gasteiger partial charge is 0.234 e. The highest BCUT2D eigenvalue weighted by Gasteiger charge is 2.12. The van der Waals surface area contributed by atoms with Crippen LogP contribution in [0.5, 0.6) is 0 Å². The Kier molecular flexibility index (Phi) is 6.44. The number of halogens is 1. The molecular weight excluding hydrogens is 336 g/mol. The predicted molar refractivity (Wildman–Crippen MR) is 92.2 cm³/mol. The number of ether oxygens (including phenoxy) is 1. The minimum Gasteiger partial charge on any atom is -0.383 e. The number of hydrogen-bond donors (Lipinski definition) is 1. The number of nitrogens with one attached hydrogen (secondary N) is 1. The lowest BCUT2D eigenvalue weighted by atomic mass is 10.1. The van der Waals surface area contributed by atoms with Crippen molar-refractivity contribution in [2.75, 3.05) is 24.8 Å². The molecule has 0 radical (unpaired) electrons. The van der Waals surface area contributed by atoms with E-state index < -0.39 is 0 Å². The molecule has 1 amide bonds. The van der Waals surface area contributed by atoms with Gasteiger partial charge in [0.15, 0.2) is 5.16 Å². The van der Waals surface area contributed by atoms with E-state index in [1.807, 2.05) is 30.5 Å². The molecule has 2 aromatic rings. The summed E-state index contributed by atoms with van der Waals surface area (Å²) in [5.41, 5.74) is 2.66. The number of anilines is 1. The molecule has 1 heterocycles. The van der Waals surface area contributed by atoms with Crippen LogP contribution in [0.4, 0.5) is 5.69 Å². The van der Waals surface area contributed by atoms with Crippen LogP contribution in [-0.2, 0) is 16.1 Å². The minimum atomic E-state index is -0.134. The molecule has 0 saturated heterocycles. The Morgan fingerprint density at radius 3 is 2.91 bits per heavy atom. The Morgan fingerprint density at radius 1 is 1.43 bits per heavy atom. The lowest BCUT2D eigenvalue weighted by Gasteiger charge is -2.11. The molecule has 0 unspecified atom stereocenters. The third-order valence-corrected chi connectivity index (χ3v) is 4.42. The molecule has 0 atom stereocenters. The second-order valence-electron chi connectivity index (χ2n) is 5.08. The maximum absolute atomic E-state index is 12.1. The summed E-state index contributed by atoms with van der Waals surface area (Å²) in [6.45, 7) is 5.10. The van der Waals surface area contributed by atoms with Crippen molar-refractivity contribution >= 4 is 35.0 Å². The van der Waals surface area contributed by atoms with E-state index in [1.54, 1.807) is 13.4 Å². The van der Waals surface area contributed by atoms with Gasteiger partial charge in [-0.2, -0.15) is 0 Å². The molecule has 0 fully saturated rings. The summed E-state index contributed by atoms with van der Waals surface area (Å²) in [6, 6.07) is 3.81. The molecule has 0 bridgehead atoms. The van der Waals surface area contributed by atoms with Gasteiger partial charge in [0.1, 0.15) is 6.33 Å². The van der Waals surface area contributed by atoms with Gasteiger partial charge in [-0.3, -0.25) is 4.79 Å². The summed E-state index contributed by atoms with van der Waals surface area (Å²) in [7, 11) is 1.64. The molecule has 0 spiro atoms. The highest BCUT2D eigenvalue weighted by molar-refractivity contribution is 7.99. The van der Waals surface area contributed by atoms with E-state index in [0.717, 1.165) is 11.1 Å². The molecule has 124 valence electrons. The largest absolute Gasteiger partial charge is 0.383 e. The molecule has 1 aromatic heterocycles. The van der Waals surface area contributed by atoms with E-state index in [-0.39, 0.29) is 11.7 Å². The van der Waals surface area contributed by atoms with Gasteiger partial charge in [-0.15, -0.1) is 10.2 Å². The van der Waals surface area contributed by atoms with Gasteiger partial charge in [-0.25, -0.2) is 0 Å². The number of aryl methyl sites for hydroxylation is 2. The topological polar surface area (TPSA) is 69.0 Å². The van der Waals surface area contributed by atoms with Crippen molar-refractivity contribution in [2.24, 2.45) is 0 Å². The minimum absolute atomic E-state index is 0.134. The number of rotatable bonds is 7. The maximum atomic E-state index is 12.1. The Hall–Kier alpha value is -1.57. The number of methoxy groups -OCH3 is 1. The van der Waals surface area contributed by atoms with Gasteiger partial charge in [0.05, 0.1) is 23.1 Å². The first-order valence-electron chi connectivity index (χ1n) is 7.07.